The first-order valence-electron chi connectivity index (χ1n) is 6.41. The van der Waals surface area contributed by atoms with Crippen LogP contribution in [0.1, 0.15) is 57.2 Å². The van der Waals surface area contributed by atoms with E-state index < -0.39 is 5.60 Å². The van der Waals surface area contributed by atoms with E-state index >= 15 is 0 Å². The standard InChI is InChI=1S/C16H26O/c1-12-9-13(2)11-14(10-12)16(6,17)8-7-15(3,4)5/h9-11,17H,7-8H2,1-6H3. The molecule has 0 aliphatic heterocycles. The van der Waals surface area contributed by atoms with Gasteiger partial charge in [-0.15, -0.1) is 0 Å². The van der Waals surface area contributed by atoms with Crippen LogP contribution >= 0.6 is 0 Å². The molecule has 1 rings (SSSR count). The summed E-state index contributed by atoms with van der Waals surface area (Å²) in [5.41, 5.74) is 3.03. The van der Waals surface area contributed by atoms with Crippen LogP contribution in [-0.4, -0.2) is 5.11 Å². The van der Waals surface area contributed by atoms with Crippen LogP contribution in [0, 0.1) is 19.3 Å². The van der Waals surface area contributed by atoms with E-state index in [-0.39, 0.29) is 5.41 Å². The van der Waals surface area contributed by atoms with Crippen molar-refractivity contribution in [3.63, 3.8) is 0 Å². The Bertz CT molecular complexity index is 363. The maximum absolute atomic E-state index is 10.6. The third-order valence-electron chi connectivity index (χ3n) is 3.21. The zero-order chi connectivity index (χ0) is 13.3. The van der Waals surface area contributed by atoms with Gasteiger partial charge in [-0.25, -0.2) is 0 Å². The second kappa shape index (κ2) is 4.81. The summed E-state index contributed by atoms with van der Waals surface area (Å²) >= 11 is 0. The molecule has 0 aromatic heterocycles. The Hall–Kier alpha value is -0.820. The van der Waals surface area contributed by atoms with Crippen LogP contribution in [0.25, 0.3) is 0 Å². The van der Waals surface area contributed by atoms with E-state index in [1.54, 1.807) is 0 Å². The summed E-state index contributed by atoms with van der Waals surface area (Å²) in [6.07, 6.45) is 1.83. The van der Waals surface area contributed by atoms with Gasteiger partial charge in [-0.2, -0.15) is 0 Å². The van der Waals surface area contributed by atoms with Crippen LogP contribution in [0.2, 0.25) is 0 Å². The minimum Gasteiger partial charge on any atom is -0.385 e. The van der Waals surface area contributed by atoms with Gasteiger partial charge in [0.1, 0.15) is 0 Å². The first-order chi connectivity index (χ1) is 7.60. The number of aryl methyl sites for hydroxylation is 2. The number of rotatable bonds is 3. The van der Waals surface area contributed by atoms with Crippen molar-refractivity contribution in [3.8, 4) is 0 Å². The summed E-state index contributed by atoms with van der Waals surface area (Å²) in [7, 11) is 0. The normalized spacial score (nSPS) is 15.7. The van der Waals surface area contributed by atoms with Crippen LogP contribution in [0.15, 0.2) is 18.2 Å². The highest BCUT2D eigenvalue weighted by molar-refractivity contribution is 5.32. The molecule has 0 bridgehead atoms. The molecule has 0 spiro atoms. The molecule has 1 unspecified atom stereocenters. The van der Waals surface area contributed by atoms with Crippen molar-refractivity contribution in [1.82, 2.24) is 0 Å². The maximum Gasteiger partial charge on any atom is 0.0868 e. The predicted octanol–water partition coefficient (Wildman–Crippen LogP) is 4.34. The molecule has 0 saturated heterocycles. The Labute approximate surface area is 106 Å². The highest BCUT2D eigenvalue weighted by Crippen LogP contribution is 2.32. The molecule has 0 fully saturated rings. The molecule has 0 saturated carbocycles. The third-order valence-corrected chi connectivity index (χ3v) is 3.21. The quantitative estimate of drug-likeness (QED) is 0.825. The third kappa shape index (κ3) is 4.51. The molecule has 96 valence electrons. The summed E-state index contributed by atoms with van der Waals surface area (Å²) in [6, 6.07) is 6.33. The fourth-order valence-corrected chi connectivity index (χ4v) is 2.05. The first kappa shape index (κ1) is 14.2. The van der Waals surface area contributed by atoms with Crippen LogP contribution in [-0.2, 0) is 5.60 Å². The number of benzene rings is 1. The summed E-state index contributed by atoms with van der Waals surface area (Å²) in [6.45, 7) is 12.7. The van der Waals surface area contributed by atoms with Gasteiger partial charge < -0.3 is 5.11 Å². The summed E-state index contributed by atoms with van der Waals surface area (Å²) < 4.78 is 0. The second-order valence-corrected chi connectivity index (χ2v) is 6.71. The van der Waals surface area contributed by atoms with Gasteiger partial charge in [0.15, 0.2) is 0 Å². The van der Waals surface area contributed by atoms with Gasteiger partial charge in [0.05, 0.1) is 5.60 Å². The van der Waals surface area contributed by atoms with Crippen molar-refractivity contribution in [3.05, 3.63) is 34.9 Å². The predicted molar refractivity (Wildman–Crippen MR) is 74.2 cm³/mol. The summed E-state index contributed by atoms with van der Waals surface area (Å²) in [4.78, 5) is 0. The minimum absolute atomic E-state index is 0.267. The zero-order valence-corrected chi connectivity index (χ0v) is 12.1. The SMILES string of the molecule is Cc1cc(C)cc(C(C)(O)CCC(C)(C)C)c1. The van der Waals surface area contributed by atoms with Gasteiger partial charge in [-0.3, -0.25) is 0 Å². The highest BCUT2D eigenvalue weighted by atomic mass is 16.3. The summed E-state index contributed by atoms with van der Waals surface area (Å²) in [5, 5.41) is 10.6. The van der Waals surface area contributed by atoms with Crippen molar-refractivity contribution in [2.45, 2.75) is 60.0 Å². The first-order valence-corrected chi connectivity index (χ1v) is 6.41. The zero-order valence-electron chi connectivity index (χ0n) is 12.1. The van der Waals surface area contributed by atoms with Gasteiger partial charge in [0.2, 0.25) is 0 Å². The Balaban J connectivity index is 2.88. The smallest absolute Gasteiger partial charge is 0.0868 e. The van der Waals surface area contributed by atoms with Crippen LogP contribution in [0.3, 0.4) is 0 Å². The molecule has 0 aliphatic carbocycles. The van der Waals surface area contributed by atoms with Gasteiger partial charge in [0.25, 0.3) is 0 Å². The topological polar surface area (TPSA) is 20.2 Å². The Morgan fingerprint density at radius 3 is 1.76 bits per heavy atom. The van der Waals surface area contributed by atoms with Gasteiger partial charge >= 0.3 is 0 Å². The van der Waals surface area contributed by atoms with Crippen LogP contribution in [0.5, 0.6) is 0 Å². The van der Waals surface area contributed by atoms with Crippen molar-refractivity contribution in [2.24, 2.45) is 5.41 Å². The molecule has 0 radical (unpaired) electrons. The van der Waals surface area contributed by atoms with Crippen molar-refractivity contribution in [2.75, 3.05) is 0 Å². The molecule has 1 aromatic carbocycles. The van der Waals surface area contributed by atoms with Gasteiger partial charge in [0, 0.05) is 0 Å². The van der Waals surface area contributed by atoms with Crippen molar-refractivity contribution < 1.29 is 5.11 Å². The van der Waals surface area contributed by atoms with E-state index in [0.717, 1.165) is 18.4 Å². The van der Waals surface area contributed by atoms with E-state index in [1.807, 2.05) is 6.92 Å². The maximum atomic E-state index is 10.6. The molecule has 17 heavy (non-hydrogen) atoms. The molecule has 0 amide bonds. The van der Waals surface area contributed by atoms with E-state index in [9.17, 15) is 5.11 Å². The molecule has 1 nitrogen and oxygen atoms in total. The van der Waals surface area contributed by atoms with Crippen LogP contribution < -0.4 is 0 Å². The van der Waals surface area contributed by atoms with Gasteiger partial charge in [-0.05, 0) is 44.6 Å². The fraction of sp³-hybridized carbons (Fsp3) is 0.625. The lowest BCUT2D eigenvalue weighted by Crippen LogP contribution is -2.23. The average molecular weight is 234 g/mol. The Morgan fingerprint density at radius 1 is 0.882 bits per heavy atom. The van der Waals surface area contributed by atoms with E-state index in [1.165, 1.54) is 11.1 Å². The molecule has 1 heteroatoms. The lowest BCUT2D eigenvalue weighted by molar-refractivity contribution is 0.0357. The molecule has 1 aromatic rings. The summed E-state index contributed by atoms with van der Waals surface area (Å²) in [5.74, 6) is 0. The van der Waals surface area contributed by atoms with Crippen molar-refractivity contribution in [1.29, 1.82) is 0 Å². The molecule has 0 heterocycles. The van der Waals surface area contributed by atoms with E-state index in [4.69, 9.17) is 0 Å². The number of hydrogen-bond donors (Lipinski definition) is 1. The van der Waals surface area contributed by atoms with Crippen molar-refractivity contribution >= 4 is 0 Å². The fourth-order valence-electron chi connectivity index (χ4n) is 2.05. The molecule has 0 aliphatic rings. The molecule has 1 atom stereocenters. The van der Waals surface area contributed by atoms with E-state index in [0.29, 0.717) is 0 Å². The number of hydrogen-bond acceptors (Lipinski definition) is 1. The Kier molecular flexibility index (Phi) is 4.03. The highest BCUT2D eigenvalue weighted by Gasteiger charge is 2.25. The number of aliphatic hydroxyl groups is 1. The average Bonchev–Trinajstić information content (AvgIpc) is 2.12. The van der Waals surface area contributed by atoms with E-state index in [2.05, 4.69) is 52.8 Å². The largest absolute Gasteiger partial charge is 0.385 e. The van der Waals surface area contributed by atoms with Crippen LogP contribution in [0.4, 0.5) is 0 Å². The lowest BCUT2D eigenvalue weighted by atomic mass is 9.82. The monoisotopic (exact) mass is 234 g/mol. The Morgan fingerprint density at radius 2 is 1.35 bits per heavy atom. The molecule has 1 N–H and O–H groups in total. The molecular weight excluding hydrogens is 208 g/mol. The lowest BCUT2D eigenvalue weighted by Gasteiger charge is -2.28. The minimum atomic E-state index is -0.718. The van der Waals surface area contributed by atoms with Gasteiger partial charge in [-0.1, -0.05) is 50.1 Å². The second-order valence-electron chi connectivity index (χ2n) is 6.71. The molecular formula is C16H26O.